The number of carbonyl (C=O) groups is 2. The first-order valence-electron chi connectivity index (χ1n) is 6.53. The number of carbonyl (C=O) groups excluding carboxylic acids is 2. The van der Waals surface area contributed by atoms with E-state index in [1.807, 2.05) is 6.07 Å². The molecule has 3 amide bonds. The summed E-state index contributed by atoms with van der Waals surface area (Å²) in [6.07, 6.45) is 2.23. The van der Waals surface area contributed by atoms with Crippen LogP contribution in [0.15, 0.2) is 30.5 Å². The first-order chi connectivity index (χ1) is 10.1. The summed E-state index contributed by atoms with van der Waals surface area (Å²) in [4.78, 5) is 27.6. The van der Waals surface area contributed by atoms with E-state index in [-0.39, 0.29) is 5.91 Å². The average Bonchev–Trinajstić information content (AvgIpc) is 2.88. The Hall–Kier alpha value is -2.34. The number of pyridine rings is 1. The summed E-state index contributed by atoms with van der Waals surface area (Å²) in [6.45, 7) is 0.581. The summed E-state index contributed by atoms with van der Waals surface area (Å²) in [7, 11) is 0. The molecule has 2 heterocycles. The molecule has 0 saturated carbocycles. The first kappa shape index (κ1) is 13.6. The van der Waals surface area contributed by atoms with E-state index in [2.05, 4.69) is 20.9 Å². The summed E-state index contributed by atoms with van der Waals surface area (Å²) in [6, 6.07) is 6.07. The van der Waals surface area contributed by atoms with Gasteiger partial charge in [0, 0.05) is 18.1 Å². The molecule has 1 aliphatic rings. The molecule has 21 heavy (non-hydrogen) atoms. The van der Waals surface area contributed by atoms with Gasteiger partial charge in [0.05, 0.1) is 16.2 Å². The van der Waals surface area contributed by atoms with E-state index < -0.39 is 12.1 Å². The Bertz CT molecular complexity index is 719. The predicted octanol–water partition coefficient (Wildman–Crippen LogP) is 1.90. The van der Waals surface area contributed by atoms with Crippen molar-refractivity contribution in [2.24, 2.45) is 0 Å². The van der Waals surface area contributed by atoms with Crippen LogP contribution in [0.25, 0.3) is 10.9 Å². The number of anilines is 1. The van der Waals surface area contributed by atoms with Gasteiger partial charge in [-0.1, -0.05) is 11.6 Å². The number of nitrogens with zero attached hydrogens (tertiary/aromatic N) is 1. The Labute approximate surface area is 125 Å². The van der Waals surface area contributed by atoms with E-state index in [1.165, 1.54) is 0 Å². The summed E-state index contributed by atoms with van der Waals surface area (Å²) >= 11 is 6.08. The summed E-state index contributed by atoms with van der Waals surface area (Å²) < 4.78 is 0. The molecule has 2 aromatic rings. The molecule has 1 aromatic heterocycles. The SMILES string of the molecule is O=C(Nc1ccc(Cl)c2ncccc12)NC1CCNC1=O. The van der Waals surface area contributed by atoms with Crippen LogP contribution in [0.5, 0.6) is 0 Å². The lowest BCUT2D eigenvalue weighted by atomic mass is 10.2. The normalized spacial score (nSPS) is 17.6. The summed E-state index contributed by atoms with van der Waals surface area (Å²) in [5, 5.41) is 9.31. The maximum atomic E-state index is 12.0. The van der Waals surface area contributed by atoms with Gasteiger partial charge >= 0.3 is 6.03 Å². The van der Waals surface area contributed by atoms with Crippen molar-refractivity contribution in [2.75, 3.05) is 11.9 Å². The highest BCUT2D eigenvalue weighted by molar-refractivity contribution is 6.35. The second kappa shape index (κ2) is 5.57. The molecule has 0 aliphatic carbocycles. The number of rotatable bonds is 2. The van der Waals surface area contributed by atoms with E-state index in [0.29, 0.717) is 29.2 Å². The fourth-order valence-corrected chi connectivity index (χ4v) is 2.51. The van der Waals surface area contributed by atoms with Crippen LogP contribution in [-0.4, -0.2) is 29.5 Å². The Kier molecular flexibility index (Phi) is 3.62. The molecule has 7 heteroatoms. The number of benzene rings is 1. The third-order valence-corrected chi connectivity index (χ3v) is 3.63. The molecular weight excluding hydrogens is 292 g/mol. The Morgan fingerprint density at radius 1 is 1.38 bits per heavy atom. The lowest BCUT2D eigenvalue weighted by Gasteiger charge is -2.13. The van der Waals surface area contributed by atoms with Gasteiger partial charge in [0.2, 0.25) is 5.91 Å². The molecule has 1 unspecified atom stereocenters. The van der Waals surface area contributed by atoms with Crippen molar-refractivity contribution in [3.05, 3.63) is 35.5 Å². The van der Waals surface area contributed by atoms with Crippen molar-refractivity contribution in [1.82, 2.24) is 15.6 Å². The summed E-state index contributed by atoms with van der Waals surface area (Å²) in [5.41, 5.74) is 1.22. The maximum absolute atomic E-state index is 12.0. The monoisotopic (exact) mass is 304 g/mol. The van der Waals surface area contributed by atoms with Crippen LogP contribution < -0.4 is 16.0 Å². The minimum Gasteiger partial charge on any atom is -0.354 e. The van der Waals surface area contributed by atoms with Gasteiger partial charge in [-0.3, -0.25) is 9.78 Å². The van der Waals surface area contributed by atoms with Crippen molar-refractivity contribution >= 4 is 40.1 Å². The number of hydrogen-bond acceptors (Lipinski definition) is 3. The van der Waals surface area contributed by atoms with Crippen LogP contribution in [-0.2, 0) is 4.79 Å². The summed E-state index contributed by atoms with van der Waals surface area (Å²) in [5.74, 6) is -0.159. The highest BCUT2D eigenvalue weighted by atomic mass is 35.5. The molecule has 1 atom stereocenters. The number of aromatic nitrogens is 1. The van der Waals surface area contributed by atoms with Gasteiger partial charge in [-0.15, -0.1) is 0 Å². The number of halogens is 1. The molecule has 1 fully saturated rings. The third kappa shape index (κ3) is 2.75. The first-order valence-corrected chi connectivity index (χ1v) is 6.91. The fourth-order valence-electron chi connectivity index (χ4n) is 2.30. The van der Waals surface area contributed by atoms with E-state index in [9.17, 15) is 9.59 Å². The fraction of sp³-hybridized carbons (Fsp3) is 0.214. The second-order valence-corrected chi connectivity index (χ2v) is 5.13. The zero-order valence-electron chi connectivity index (χ0n) is 11.0. The van der Waals surface area contributed by atoms with Crippen LogP contribution in [0.4, 0.5) is 10.5 Å². The Balaban J connectivity index is 1.80. The van der Waals surface area contributed by atoms with E-state index >= 15 is 0 Å². The van der Waals surface area contributed by atoms with E-state index in [4.69, 9.17) is 11.6 Å². The van der Waals surface area contributed by atoms with E-state index in [0.717, 1.165) is 5.39 Å². The van der Waals surface area contributed by atoms with Crippen LogP contribution in [0, 0.1) is 0 Å². The lowest BCUT2D eigenvalue weighted by molar-refractivity contribution is -0.120. The van der Waals surface area contributed by atoms with Crippen molar-refractivity contribution in [3.63, 3.8) is 0 Å². The number of amides is 3. The average molecular weight is 305 g/mol. The van der Waals surface area contributed by atoms with Crippen LogP contribution in [0.2, 0.25) is 5.02 Å². The zero-order chi connectivity index (χ0) is 14.8. The van der Waals surface area contributed by atoms with Crippen molar-refractivity contribution in [1.29, 1.82) is 0 Å². The van der Waals surface area contributed by atoms with Crippen molar-refractivity contribution in [2.45, 2.75) is 12.5 Å². The van der Waals surface area contributed by atoms with Gasteiger partial charge in [0.15, 0.2) is 0 Å². The minimum atomic E-state index is -0.485. The molecule has 1 aromatic carbocycles. The lowest BCUT2D eigenvalue weighted by Crippen LogP contribution is -2.42. The number of nitrogens with one attached hydrogen (secondary N) is 3. The molecule has 0 spiro atoms. The molecule has 6 nitrogen and oxygen atoms in total. The standard InChI is InChI=1S/C14H13ClN4O2/c15-9-3-4-10(8-2-1-6-16-12(8)9)18-14(21)19-11-5-7-17-13(11)20/h1-4,6,11H,5,7H2,(H,17,20)(H2,18,19,21). The van der Waals surface area contributed by atoms with Crippen LogP contribution in [0.1, 0.15) is 6.42 Å². The van der Waals surface area contributed by atoms with E-state index in [1.54, 1.807) is 24.4 Å². The third-order valence-electron chi connectivity index (χ3n) is 3.32. The molecular formula is C14H13ClN4O2. The number of urea groups is 1. The van der Waals surface area contributed by atoms with Crippen molar-refractivity contribution in [3.8, 4) is 0 Å². The molecule has 108 valence electrons. The van der Waals surface area contributed by atoms with Gasteiger partial charge in [-0.2, -0.15) is 0 Å². The molecule has 1 saturated heterocycles. The zero-order valence-corrected chi connectivity index (χ0v) is 11.8. The van der Waals surface area contributed by atoms with Crippen molar-refractivity contribution < 1.29 is 9.59 Å². The largest absolute Gasteiger partial charge is 0.354 e. The molecule has 3 rings (SSSR count). The van der Waals surface area contributed by atoms with Gasteiger partial charge in [0.1, 0.15) is 6.04 Å². The molecule has 3 N–H and O–H groups in total. The van der Waals surface area contributed by atoms with Gasteiger partial charge in [0.25, 0.3) is 0 Å². The van der Waals surface area contributed by atoms with Crippen LogP contribution >= 0.6 is 11.6 Å². The number of hydrogen-bond donors (Lipinski definition) is 3. The minimum absolute atomic E-state index is 0.159. The topological polar surface area (TPSA) is 83.1 Å². The quantitative estimate of drug-likeness (QED) is 0.792. The Morgan fingerprint density at radius 3 is 3.00 bits per heavy atom. The maximum Gasteiger partial charge on any atom is 0.319 e. The predicted molar refractivity (Wildman–Crippen MR) is 80.3 cm³/mol. The molecule has 0 bridgehead atoms. The second-order valence-electron chi connectivity index (χ2n) is 4.73. The van der Waals surface area contributed by atoms with Gasteiger partial charge < -0.3 is 16.0 Å². The molecule has 0 radical (unpaired) electrons. The van der Waals surface area contributed by atoms with Gasteiger partial charge in [-0.25, -0.2) is 4.79 Å². The highest BCUT2D eigenvalue weighted by Crippen LogP contribution is 2.27. The Morgan fingerprint density at radius 2 is 2.24 bits per heavy atom. The highest BCUT2D eigenvalue weighted by Gasteiger charge is 2.25. The molecule has 1 aliphatic heterocycles. The van der Waals surface area contributed by atoms with Crippen LogP contribution in [0.3, 0.4) is 0 Å². The smallest absolute Gasteiger partial charge is 0.319 e. The van der Waals surface area contributed by atoms with Gasteiger partial charge in [-0.05, 0) is 30.7 Å². The number of fused-ring (bicyclic) bond motifs is 1.